The Labute approximate surface area is 248 Å². The van der Waals surface area contributed by atoms with E-state index in [-0.39, 0.29) is 24.2 Å². The number of primary amides is 1. The summed E-state index contributed by atoms with van der Waals surface area (Å²) in [7, 11) is 4.99. The number of aromatic hydroxyl groups is 1. The lowest BCUT2D eigenvalue weighted by atomic mass is 9.52. The van der Waals surface area contributed by atoms with Crippen LogP contribution >= 0.6 is 0 Å². The number of H-pyrrole nitrogens is 1. The van der Waals surface area contributed by atoms with Crippen LogP contribution in [0.1, 0.15) is 41.8 Å². The molecule has 12 nitrogen and oxygen atoms in total. The van der Waals surface area contributed by atoms with E-state index in [1.807, 2.05) is 37.9 Å². The van der Waals surface area contributed by atoms with Crippen molar-refractivity contribution in [2.45, 2.75) is 44.9 Å². The Hall–Kier alpha value is -4.00. The number of benzene rings is 1. The summed E-state index contributed by atoms with van der Waals surface area (Å²) in [6.07, 6.45) is 5.43. The molecule has 43 heavy (non-hydrogen) atoms. The minimum Gasteiger partial charge on any atom is -0.507 e. The van der Waals surface area contributed by atoms with Crippen molar-refractivity contribution in [3.63, 3.8) is 0 Å². The first-order valence-electron chi connectivity index (χ1n) is 14.3. The van der Waals surface area contributed by atoms with Crippen LogP contribution in [0, 0.1) is 23.7 Å². The molecule has 0 spiro atoms. The molecule has 1 aromatic carbocycles. The van der Waals surface area contributed by atoms with Crippen LogP contribution < -0.4 is 5.73 Å². The Kier molecular flexibility index (Phi) is 7.74. The number of Topliss-reactive ketones (excluding diaryl/α,β-unsaturated/α-hetero) is 4. The van der Waals surface area contributed by atoms with Crippen molar-refractivity contribution in [2.75, 3.05) is 27.7 Å². The molecule has 0 radical (unpaired) electrons. The number of hydrogen-bond acceptors (Lipinski definition) is 10. The number of nitrogens with zero attached hydrogens (tertiary/aromatic N) is 3. The second-order valence-electron chi connectivity index (χ2n) is 12.4. The van der Waals surface area contributed by atoms with Gasteiger partial charge in [-0.05, 0) is 70.9 Å². The predicted molar refractivity (Wildman–Crippen MR) is 155 cm³/mol. The molecule has 0 saturated heterocycles. The number of nitrogens with two attached hydrogens (primary N) is 1. The molecule has 2 aromatic rings. The molecule has 1 heterocycles. The van der Waals surface area contributed by atoms with Gasteiger partial charge in [-0.25, -0.2) is 0 Å². The minimum absolute atomic E-state index is 0.0113. The highest BCUT2D eigenvalue weighted by atomic mass is 16.3. The SMILES string of the molecule is CC=C(C)CN(C)Cc1cc(-c2cn[nH]c2)c2c(c1O)C(=O)C1C(=O)[C@]3(O)C(=O)C(C(N)=O)C(=O)C(N(C)C)[C@@H]3C[C@@H]1C2. The van der Waals surface area contributed by atoms with Gasteiger partial charge in [0.05, 0.1) is 23.7 Å². The van der Waals surface area contributed by atoms with Gasteiger partial charge in [-0.3, -0.25) is 38.9 Å². The topological polar surface area (TPSA) is 187 Å². The number of aromatic amines is 1. The maximum Gasteiger partial charge on any atom is 0.235 e. The number of aromatic nitrogens is 2. The molecule has 0 aliphatic heterocycles. The van der Waals surface area contributed by atoms with Crippen LogP contribution in [-0.4, -0.2) is 98.6 Å². The summed E-state index contributed by atoms with van der Waals surface area (Å²) in [4.78, 5) is 70.9. The summed E-state index contributed by atoms with van der Waals surface area (Å²) >= 11 is 0. The van der Waals surface area contributed by atoms with Crippen molar-refractivity contribution in [1.29, 1.82) is 0 Å². The number of ketones is 4. The highest BCUT2D eigenvalue weighted by Crippen LogP contribution is 2.52. The number of hydrogen-bond donors (Lipinski definition) is 4. The Bertz CT molecular complexity index is 1560. The fourth-order valence-electron chi connectivity index (χ4n) is 7.37. The zero-order chi connectivity index (χ0) is 31.5. The van der Waals surface area contributed by atoms with Gasteiger partial charge >= 0.3 is 0 Å². The molecule has 12 heteroatoms. The number of carbonyl (C=O) groups excluding carboxylic acids is 5. The Balaban J connectivity index is 1.65. The van der Waals surface area contributed by atoms with Crippen molar-refractivity contribution in [3.8, 4) is 16.9 Å². The van der Waals surface area contributed by atoms with Crippen LogP contribution in [0.25, 0.3) is 11.1 Å². The Morgan fingerprint density at radius 3 is 2.49 bits per heavy atom. The van der Waals surface area contributed by atoms with E-state index in [1.165, 1.54) is 4.90 Å². The lowest BCUT2D eigenvalue weighted by Gasteiger charge is -2.52. The van der Waals surface area contributed by atoms with Gasteiger partial charge in [-0.2, -0.15) is 5.10 Å². The van der Waals surface area contributed by atoms with Crippen molar-refractivity contribution in [3.05, 3.63) is 46.8 Å². The highest BCUT2D eigenvalue weighted by Gasteiger charge is 2.69. The molecule has 5 rings (SSSR count). The van der Waals surface area contributed by atoms with E-state index < -0.39 is 64.4 Å². The average Bonchev–Trinajstić information content (AvgIpc) is 3.46. The molecule has 2 fully saturated rings. The van der Waals surface area contributed by atoms with Crippen LogP contribution in [0.15, 0.2) is 30.1 Å². The lowest BCUT2D eigenvalue weighted by molar-refractivity contribution is -0.181. The minimum atomic E-state index is -2.76. The molecular formula is C31H37N5O7. The second kappa shape index (κ2) is 10.9. The van der Waals surface area contributed by atoms with Crippen LogP contribution in [0.5, 0.6) is 5.75 Å². The number of likely N-dealkylation sites (N-methyl/N-ethyl adjacent to an activating group) is 2. The first kappa shape index (κ1) is 30.5. The summed E-state index contributed by atoms with van der Waals surface area (Å²) < 4.78 is 0. The van der Waals surface area contributed by atoms with Gasteiger partial charge in [0.25, 0.3) is 0 Å². The van der Waals surface area contributed by atoms with Crippen LogP contribution in [0.4, 0.5) is 0 Å². The number of phenols is 1. The number of amides is 1. The zero-order valence-electron chi connectivity index (χ0n) is 24.9. The third kappa shape index (κ3) is 4.64. The fourth-order valence-corrected chi connectivity index (χ4v) is 7.37. The van der Waals surface area contributed by atoms with Gasteiger partial charge < -0.3 is 15.9 Å². The van der Waals surface area contributed by atoms with Gasteiger partial charge in [0.2, 0.25) is 5.91 Å². The smallest absolute Gasteiger partial charge is 0.235 e. The Morgan fingerprint density at radius 1 is 1.21 bits per heavy atom. The van der Waals surface area contributed by atoms with E-state index in [9.17, 15) is 34.2 Å². The van der Waals surface area contributed by atoms with Crippen molar-refractivity contribution in [2.24, 2.45) is 29.4 Å². The summed E-state index contributed by atoms with van der Waals surface area (Å²) in [5.41, 5.74) is 6.08. The maximum absolute atomic E-state index is 14.3. The normalized spacial score (nSPS) is 29.1. The average molecular weight is 592 g/mol. The van der Waals surface area contributed by atoms with Gasteiger partial charge in [0, 0.05) is 36.3 Å². The number of nitrogens with one attached hydrogen (secondary N) is 1. The Morgan fingerprint density at radius 2 is 1.91 bits per heavy atom. The zero-order valence-corrected chi connectivity index (χ0v) is 24.9. The third-order valence-corrected chi connectivity index (χ3v) is 9.40. The predicted octanol–water partition coefficient (Wildman–Crippen LogP) is 0.655. The number of allylic oxidation sites excluding steroid dienone is 1. The van der Waals surface area contributed by atoms with E-state index in [1.54, 1.807) is 26.5 Å². The first-order valence-corrected chi connectivity index (χ1v) is 14.3. The highest BCUT2D eigenvalue weighted by molar-refractivity contribution is 6.32. The van der Waals surface area contributed by atoms with Crippen LogP contribution in [-0.2, 0) is 32.1 Å². The summed E-state index contributed by atoms with van der Waals surface area (Å²) in [6.45, 7) is 4.83. The van der Waals surface area contributed by atoms with Gasteiger partial charge in [0.15, 0.2) is 34.7 Å². The molecule has 3 aliphatic rings. The standard InChI is InChI=1S/C31H37N5O7/c1-6-14(2)12-36(5)13-16-8-18(17-10-33-34-11-17)19-7-15-9-20-24(35(3)4)27(39)23(30(32)42)29(41)31(20,43)28(40)21(15)26(38)22(19)25(16)37/h6,8,10-11,15,20-21,23-24,37,43H,7,9,12-13H2,1-5H3,(H2,32,42)(H,33,34)/t15-,20-,21?,23?,24?,31-/m0/s1. The molecule has 228 valence electrons. The summed E-state index contributed by atoms with van der Waals surface area (Å²) in [6, 6.07) is 0.671. The van der Waals surface area contributed by atoms with Crippen LogP contribution in [0.3, 0.4) is 0 Å². The maximum atomic E-state index is 14.3. The van der Waals surface area contributed by atoms with E-state index in [4.69, 9.17) is 5.73 Å². The van der Waals surface area contributed by atoms with Crippen LogP contribution in [0.2, 0.25) is 0 Å². The molecule has 5 N–H and O–H groups in total. The lowest BCUT2D eigenvalue weighted by Crippen LogP contribution is -2.74. The molecule has 1 aromatic heterocycles. The van der Waals surface area contributed by atoms with Gasteiger partial charge in [-0.1, -0.05) is 11.6 Å². The molecule has 3 unspecified atom stereocenters. The first-order chi connectivity index (χ1) is 20.2. The second-order valence-corrected chi connectivity index (χ2v) is 12.4. The van der Waals surface area contributed by atoms with E-state index in [2.05, 4.69) is 10.2 Å². The summed E-state index contributed by atoms with van der Waals surface area (Å²) in [5.74, 6) is -10.7. The number of rotatable bonds is 7. The largest absolute Gasteiger partial charge is 0.507 e. The van der Waals surface area contributed by atoms with Crippen molar-refractivity contribution >= 4 is 29.0 Å². The summed E-state index contributed by atoms with van der Waals surface area (Å²) in [5, 5.41) is 30.2. The van der Waals surface area contributed by atoms with Gasteiger partial charge in [0.1, 0.15) is 5.75 Å². The van der Waals surface area contributed by atoms with Gasteiger partial charge in [-0.15, -0.1) is 0 Å². The quantitative estimate of drug-likeness (QED) is 0.263. The number of fused-ring (bicyclic) bond motifs is 3. The van der Waals surface area contributed by atoms with Crippen molar-refractivity contribution in [1.82, 2.24) is 20.0 Å². The van der Waals surface area contributed by atoms with E-state index in [0.29, 0.717) is 35.3 Å². The van der Waals surface area contributed by atoms with E-state index >= 15 is 0 Å². The molecule has 2 saturated carbocycles. The molecule has 3 aliphatic carbocycles. The molecular weight excluding hydrogens is 554 g/mol. The molecule has 6 atom stereocenters. The monoisotopic (exact) mass is 591 g/mol. The van der Waals surface area contributed by atoms with E-state index in [0.717, 1.165) is 5.57 Å². The molecule has 1 amide bonds. The third-order valence-electron chi connectivity index (χ3n) is 9.40. The molecule has 0 bridgehead atoms. The number of carbonyl (C=O) groups is 5. The fraction of sp³-hybridized carbons (Fsp3) is 0.484. The van der Waals surface area contributed by atoms with Crippen molar-refractivity contribution < 1.29 is 34.2 Å². The number of aliphatic hydroxyl groups is 1. The number of phenolic OH excluding ortho intramolecular Hbond substituents is 1.